The number of para-hydroxylation sites is 2. The first-order valence-corrected chi connectivity index (χ1v) is 11.3. The molecule has 1 saturated heterocycles. The van der Waals surface area contributed by atoms with E-state index >= 15 is 0 Å². The molecule has 2 N–H and O–H groups in total. The number of hydrazine groups is 1. The van der Waals surface area contributed by atoms with Gasteiger partial charge in [0.15, 0.2) is 5.58 Å². The van der Waals surface area contributed by atoms with Crippen LogP contribution in [-0.4, -0.2) is 45.1 Å². The first-order valence-electron chi connectivity index (χ1n) is 9.46. The van der Waals surface area contributed by atoms with Crippen molar-refractivity contribution in [2.24, 2.45) is 0 Å². The highest BCUT2D eigenvalue weighted by atomic mass is 32.2. The van der Waals surface area contributed by atoms with E-state index in [9.17, 15) is 23.6 Å². The average molecular weight is 487 g/mol. The molecule has 0 spiro atoms. The third kappa shape index (κ3) is 5.41. The molecule has 2 heterocycles. The Kier molecular flexibility index (Phi) is 6.75. The van der Waals surface area contributed by atoms with Crippen molar-refractivity contribution in [3.05, 3.63) is 64.8 Å². The Bertz CT molecular complexity index is 1260. The van der Waals surface area contributed by atoms with Gasteiger partial charge in [-0.1, -0.05) is 42.1 Å². The summed E-state index contributed by atoms with van der Waals surface area (Å²) in [6.45, 7) is -0.599. The van der Waals surface area contributed by atoms with Crippen LogP contribution in [-0.2, 0) is 14.4 Å². The molecule has 4 amide bonds. The SMILES string of the molecule is O=C(CSc1nc2ccccc2o1)NNC(=O)CN1C(=O)S/C(=C\c2ccccc2F)C1=O. The Balaban J connectivity index is 1.26. The number of imide groups is 1. The molecule has 33 heavy (non-hydrogen) atoms. The van der Waals surface area contributed by atoms with Gasteiger partial charge in [-0.3, -0.25) is 34.9 Å². The number of hydrogen-bond donors (Lipinski definition) is 2. The first-order chi connectivity index (χ1) is 15.9. The zero-order valence-corrected chi connectivity index (χ0v) is 18.4. The first kappa shape index (κ1) is 22.6. The van der Waals surface area contributed by atoms with E-state index in [0.29, 0.717) is 33.0 Å². The van der Waals surface area contributed by atoms with E-state index in [0.717, 1.165) is 11.8 Å². The van der Waals surface area contributed by atoms with Crippen LogP contribution in [0.3, 0.4) is 0 Å². The van der Waals surface area contributed by atoms with Gasteiger partial charge in [-0.25, -0.2) is 9.37 Å². The van der Waals surface area contributed by atoms with Crippen molar-refractivity contribution in [2.75, 3.05) is 12.3 Å². The van der Waals surface area contributed by atoms with Crippen LogP contribution in [0.4, 0.5) is 9.18 Å². The van der Waals surface area contributed by atoms with Crippen LogP contribution in [0, 0.1) is 5.82 Å². The van der Waals surface area contributed by atoms with Crippen molar-refractivity contribution in [2.45, 2.75) is 5.22 Å². The lowest BCUT2D eigenvalue weighted by Crippen LogP contribution is -2.47. The maximum atomic E-state index is 13.8. The minimum Gasteiger partial charge on any atom is -0.431 e. The monoisotopic (exact) mass is 486 g/mol. The second kappa shape index (κ2) is 9.88. The Morgan fingerprint density at radius 2 is 1.82 bits per heavy atom. The summed E-state index contributed by atoms with van der Waals surface area (Å²) in [5, 5.41) is -0.368. The largest absolute Gasteiger partial charge is 0.431 e. The second-order valence-corrected chi connectivity index (χ2v) is 8.54. The molecule has 12 heteroatoms. The highest BCUT2D eigenvalue weighted by Crippen LogP contribution is 2.32. The Morgan fingerprint density at radius 1 is 1.09 bits per heavy atom. The van der Waals surface area contributed by atoms with Crippen molar-refractivity contribution in [3.63, 3.8) is 0 Å². The van der Waals surface area contributed by atoms with Gasteiger partial charge in [-0.15, -0.1) is 0 Å². The zero-order chi connectivity index (χ0) is 23.4. The summed E-state index contributed by atoms with van der Waals surface area (Å²) >= 11 is 1.64. The number of halogens is 1. The highest BCUT2D eigenvalue weighted by molar-refractivity contribution is 8.18. The van der Waals surface area contributed by atoms with Gasteiger partial charge in [0.2, 0.25) is 5.91 Å². The lowest BCUT2D eigenvalue weighted by molar-refractivity contribution is -0.131. The normalized spacial score (nSPS) is 14.8. The number of thioether (sulfide) groups is 2. The number of carbonyl (C=O) groups is 4. The fourth-order valence-corrected chi connectivity index (χ4v) is 4.24. The number of hydrogen-bond acceptors (Lipinski definition) is 8. The molecule has 1 fully saturated rings. The van der Waals surface area contributed by atoms with Gasteiger partial charge in [0.05, 0.1) is 10.7 Å². The van der Waals surface area contributed by atoms with Crippen molar-refractivity contribution >= 4 is 63.7 Å². The van der Waals surface area contributed by atoms with E-state index in [2.05, 4.69) is 15.8 Å². The number of rotatable bonds is 6. The van der Waals surface area contributed by atoms with Crippen LogP contribution in [0.2, 0.25) is 0 Å². The van der Waals surface area contributed by atoms with E-state index in [-0.39, 0.29) is 16.2 Å². The van der Waals surface area contributed by atoms with E-state index in [1.165, 1.54) is 24.3 Å². The predicted octanol–water partition coefficient (Wildman–Crippen LogP) is 2.94. The number of nitrogens with zero attached hydrogens (tertiary/aromatic N) is 2. The fraction of sp³-hybridized carbons (Fsp3) is 0.0952. The van der Waals surface area contributed by atoms with Gasteiger partial charge in [0.25, 0.3) is 22.3 Å². The Morgan fingerprint density at radius 3 is 2.61 bits per heavy atom. The summed E-state index contributed by atoms with van der Waals surface area (Å²) in [4.78, 5) is 53.6. The standard InChI is InChI=1S/C21H15FN4O5S2/c22-13-6-2-1-5-12(13)9-16-19(29)26(21(30)33-16)10-17(27)24-25-18(28)11-32-20-23-14-7-3-4-8-15(14)31-20/h1-9H,10-11H2,(H,24,27)(H,25,28)/b16-9-. The van der Waals surface area contributed by atoms with Gasteiger partial charge < -0.3 is 4.42 Å². The third-order valence-corrected chi connectivity index (χ3v) is 6.04. The Labute approximate surface area is 194 Å². The van der Waals surface area contributed by atoms with Gasteiger partial charge >= 0.3 is 0 Å². The minimum atomic E-state index is -0.773. The molecule has 2 aromatic carbocycles. The summed E-state index contributed by atoms with van der Waals surface area (Å²) in [6.07, 6.45) is 1.25. The van der Waals surface area contributed by atoms with Crippen molar-refractivity contribution in [1.29, 1.82) is 0 Å². The van der Waals surface area contributed by atoms with E-state index in [1.807, 2.05) is 6.07 Å². The fourth-order valence-electron chi connectivity index (χ4n) is 2.77. The van der Waals surface area contributed by atoms with E-state index in [1.54, 1.807) is 24.3 Å². The van der Waals surface area contributed by atoms with Gasteiger partial charge in [0.1, 0.15) is 17.9 Å². The molecule has 0 aliphatic carbocycles. The number of nitrogens with one attached hydrogen (secondary N) is 2. The maximum absolute atomic E-state index is 13.8. The zero-order valence-electron chi connectivity index (χ0n) is 16.7. The third-order valence-electron chi connectivity index (χ3n) is 4.31. The van der Waals surface area contributed by atoms with Crippen LogP contribution < -0.4 is 10.9 Å². The van der Waals surface area contributed by atoms with Crippen LogP contribution in [0.15, 0.2) is 63.1 Å². The van der Waals surface area contributed by atoms with Crippen molar-refractivity contribution in [3.8, 4) is 0 Å². The lowest BCUT2D eigenvalue weighted by atomic mass is 10.2. The molecule has 9 nitrogen and oxygen atoms in total. The van der Waals surface area contributed by atoms with Crippen LogP contribution in [0.25, 0.3) is 17.2 Å². The summed E-state index contributed by atoms with van der Waals surface area (Å²) in [7, 11) is 0. The van der Waals surface area contributed by atoms with Gasteiger partial charge in [-0.2, -0.15) is 0 Å². The molecule has 1 aromatic heterocycles. The summed E-state index contributed by atoms with van der Waals surface area (Å²) in [6, 6.07) is 12.9. The second-order valence-electron chi connectivity index (χ2n) is 6.62. The van der Waals surface area contributed by atoms with E-state index in [4.69, 9.17) is 4.42 Å². The number of benzene rings is 2. The lowest BCUT2D eigenvalue weighted by Gasteiger charge is -2.12. The molecule has 4 rings (SSSR count). The molecular formula is C21H15FN4O5S2. The summed E-state index contributed by atoms with van der Waals surface area (Å²) in [5.41, 5.74) is 5.75. The molecule has 0 bridgehead atoms. The smallest absolute Gasteiger partial charge is 0.294 e. The number of fused-ring (bicyclic) bond motifs is 1. The van der Waals surface area contributed by atoms with Crippen LogP contribution in [0.1, 0.15) is 5.56 Å². The molecule has 3 aromatic rings. The van der Waals surface area contributed by atoms with Crippen molar-refractivity contribution in [1.82, 2.24) is 20.7 Å². The Hall–Kier alpha value is -3.64. The summed E-state index contributed by atoms with van der Waals surface area (Å²) < 4.78 is 19.3. The number of amides is 4. The predicted molar refractivity (Wildman–Crippen MR) is 120 cm³/mol. The van der Waals surface area contributed by atoms with Gasteiger partial charge in [-0.05, 0) is 36.0 Å². The number of aromatic nitrogens is 1. The molecule has 0 unspecified atom stereocenters. The molecule has 0 saturated carbocycles. The van der Waals surface area contributed by atoms with Crippen LogP contribution in [0.5, 0.6) is 0 Å². The molecule has 1 aliphatic rings. The molecule has 0 atom stereocenters. The van der Waals surface area contributed by atoms with Crippen molar-refractivity contribution < 1.29 is 28.0 Å². The highest BCUT2D eigenvalue weighted by Gasteiger charge is 2.36. The number of oxazole rings is 1. The summed E-state index contributed by atoms with van der Waals surface area (Å²) in [5.74, 6) is -2.66. The van der Waals surface area contributed by atoms with Crippen LogP contribution >= 0.6 is 23.5 Å². The number of carbonyl (C=O) groups excluding carboxylic acids is 4. The average Bonchev–Trinajstić information content (AvgIpc) is 3.33. The maximum Gasteiger partial charge on any atom is 0.294 e. The molecule has 0 radical (unpaired) electrons. The minimum absolute atomic E-state index is 0.00308. The molecule has 168 valence electrons. The molecule has 1 aliphatic heterocycles. The van der Waals surface area contributed by atoms with Gasteiger partial charge in [0, 0.05) is 5.56 Å². The molecular weight excluding hydrogens is 471 g/mol. The topological polar surface area (TPSA) is 122 Å². The quantitative estimate of drug-likeness (QED) is 0.310. The van der Waals surface area contributed by atoms with E-state index < -0.39 is 35.3 Å².